The van der Waals surface area contributed by atoms with Crippen molar-refractivity contribution in [2.75, 3.05) is 6.79 Å². The van der Waals surface area contributed by atoms with Gasteiger partial charge in [0.15, 0.2) is 11.5 Å². The molecule has 0 radical (unpaired) electrons. The van der Waals surface area contributed by atoms with E-state index in [1.165, 1.54) is 5.56 Å². The average Bonchev–Trinajstić information content (AvgIpc) is 3.09. The molecule has 0 saturated heterocycles. The van der Waals surface area contributed by atoms with Gasteiger partial charge in [-0.1, -0.05) is 6.07 Å². The summed E-state index contributed by atoms with van der Waals surface area (Å²) >= 11 is 6.07. The van der Waals surface area contributed by atoms with E-state index < -0.39 is 0 Å². The number of aryl methyl sites for hydroxylation is 1. The van der Waals surface area contributed by atoms with E-state index in [4.69, 9.17) is 21.1 Å². The fourth-order valence-electron chi connectivity index (χ4n) is 2.64. The molecule has 0 N–H and O–H groups in total. The van der Waals surface area contributed by atoms with E-state index in [1.807, 2.05) is 18.2 Å². The molecule has 0 unspecified atom stereocenters. The van der Waals surface area contributed by atoms with Gasteiger partial charge in [-0.05, 0) is 36.8 Å². The number of alkyl halides is 1. The third-order valence-corrected chi connectivity index (χ3v) is 3.85. The maximum atomic E-state index is 6.07. The number of ether oxygens (including phenoxy) is 2. The Morgan fingerprint density at radius 2 is 2.00 bits per heavy atom. The molecule has 3 aromatic rings. The number of halogens is 1. The van der Waals surface area contributed by atoms with Crippen LogP contribution in [-0.2, 0) is 5.88 Å². The molecule has 0 fully saturated rings. The van der Waals surface area contributed by atoms with Gasteiger partial charge in [0.05, 0.1) is 22.6 Å². The van der Waals surface area contributed by atoms with Crippen molar-refractivity contribution in [3.05, 3.63) is 47.8 Å². The molecule has 106 valence electrons. The zero-order valence-electron chi connectivity index (χ0n) is 11.5. The molecule has 0 amide bonds. The number of hydrogen-bond acceptors (Lipinski definition) is 3. The van der Waals surface area contributed by atoms with Gasteiger partial charge in [0.25, 0.3) is 0 Å². The lowest BCUT2D eigenvalue weighted by Gasteiger charge is -2.08. The number of hydrogen-bond donors (Lipinski definition) is 0. The van der Waals surface area contributed by atoms with Crippen LogP contribution in [0.2, 0.25) is 0 Å². The Kier molecular flexibility index (Phi) is 2.79. The van der Waals surface area contributed by atoms with Crippen molar-refractivity contribution in [3.8, 4) is 17.2 Å². The largest absolute Gasteiger partial charge is 0.454 e. The molecule has 2 heterocycles. The highest BCUT2D eigenvalue weighted by molar-refractivity contribution is 6.17. The summed E-state index contributed by atoms with van der Waals surface area (Å²) in [6, 6.07) is 12.1. The lowest BCUT2D eigenvalue weighted by atomic mass is 10.2. The molecule has 0 spiro atoms. The molecule has 21 heavy (non-hydrogen) atoms. The molecule has 0 bridgehead atoms. The number of imidazole rings is 1. The van der Waals surface area contributed by atoms with Gasteiger partial charge in [0.1, 0.15) is 5.82 Å². The van der Waals surface area contributed by atoms with Crippen LogP contribution in [-0.4, -0.2) is 16.3 Å². The van der Waals surface area contributed by atoms with Gasteiger partial charge in [-0.15, -0.1) is 11.6 Å². The first-order valence-electron chi connectivity index (χ1n) is 6.70. The molecule has 2 aromatic carbocycles. The van der Waals surface area contributed by atoms with E-state index >= 15 is 0 Å². The van der Waals surface area contributed by atoms with E-state index in [0.717, 1.165) is 34.0 Å². The Bertz CT molecular complexity index is 842. The Hall–Kier alpha value is -2.20. The van der Waals surface area contributed by atoms with Crippen molar-refractivity contribution in [2.24, 2.45) is 0 Å². The van der Waals surface area contributed by atoms with Gasteiger partial charge < -0.3 is 9.47 Å². The Morgan fingerprint density at radius 3 is 2.86 bits per heavy atom. The molecule has 4 nitrogen and oxygen atoms in total. The Labute approximate surface area is 126 Å². The second-order valence-corrected chi connectivity index (χ2v) is 5.29. The van der Waals surface area contributed by atoms with Crippen LogP contribution in [0.4, 0.5) is 0 Å². The number of aromatic nitrogens is 2. The van der Waals surface area contributed by atoms with Crippen molar-refractivity contribution in [1.29, 1.82) is 0 Å². The normalized spacial score (nSPS) is 13.0. The maximum absolute atomic E-state index is 6.07. The van der Waals surface area contributed by atoms with Crippen molar-refractivity contribution in [3.63, 3.8) is 0 Å². The molecule has 0 atom stereocenters. The van der Waals surface area contributed by atoms with E-state index in [-0.39, 0.29) is 6.79 Å². The maximum Gasteiger partial charge on any atom is 0.231 e. The summed E-state index contributed by atoms with van der Waals surface area (Å²) in [6.45, 7) is 2.32. The van der Waals surface area contributed by atoms with Crippen molar-refractivity contribution >= 4 is 22.6 Å². The van der Waals surface area contributed by atoms with Crippen LogP contribution < -0.4 is 9.47 Å². The number of nitrogens with zero attached hydrogens (tertiary/aromatic N) is 2. The van der Waals surface area contributed by atoms with Crippen molar-refractivity contribution in [2.45, 2.75) is 12.8 Å². The van der Waals surface area contributed by atoms with Crippen LogP contribution in [0.1, 0.15) is 11.4 Å². The zero-order valence-corrected chi connectivity index (χ0v) is 12.2. The fraction of sp³-hybridized carbons (Fsp3) is 0.188. The van der Waals surface area contributed by atoms with Crippen LogP contribution in [0.3, 0.4) is 0 Å². The van der Waals surface area contributed by atoms with Crippen LogP contribution in [0.25, 0.3) is 16.7 Å². The van der Waals surface area contributed by atoms with Crippen LogP contribution in [0.15, 0.2) is 36.4 Å². The van der Waals surface area contributed by atoms with E-state index in [2.05, 4.69) is 34.7 Å². The van der Waals surface area contributed by atoms with Crippen LogP contribution >= 0.6 is 11.6 Å². The summed E-state index contributed by atoms with van der Waals surface area (Å²) in [4.78, 5) is 4.62. The van der Waals surface area contributed by atoms with E-state index in [9.17, 15) is 0 Å². The topological polar surface area (TPSA) is 36.3 Å². The fourth-order valence-corrected chi connectivity index (χ4v) is 2.82. The summed E-state index contributed by atoms with van der Waals surface area (Å²) in [7, 11) is 0. The van der Waals surface area contributed by atoms with Crippen molar-refractivity contribution < 1.29 is 9.47 Å². The molecule has 0 saturated carbocycles. The highest BCUT2D eigenvalue weighted by Gasteiger charge is 2.17. The van der Waals surface area contributed by atoms with Gasteiger partial charge in [0, 0.05) is 6.07 Å². The summed E-state index contributed by atoms with van der Waals surface area (Å²) in [5, 5.41) is 0. The first-order chi connectivity index (χ1) is 10.3. The smallest absolute Gasteiger partial charge is 0.231 e. The lowest BCUT2D eigenvalue weighted by molar-refractivity contribution is 0.174. The van der Waals surface area contributed by atoms with Gasteiger partial charge >= 0.3 is 0 Å². The molecule has 1 aliphatic heterocycles. The van der Waals surface area contributed by atoms with E-state index in [0.29, 0.717) is 5.88 Å². The monoisotopic (exact) mass is 300 g/mol. The third-order valence-electron chi connectivity index (χ3n) is 3.61. The molecule has 0 aliphatic carbocycles. The zero-order chi connectivity index (χ0) is 14.4. The SMILES string of the molecule is Cc1ccc2c(c1)nc(CCl)n2-c1ccc2c(c1)OCO2. The molecule has 1 aromatic heterocycles. The predicted molar refractivity (Wildman–Crippen MR) is 81.5 cm³/mol. The average molecular weight is 301 g/mol. The van der Waals surface area contributed by atoms with Crippen molar-refractivity contribution in [1.82, 2.24) is 9.55 Å². The molecular weight excluding hydrogens is 288 g/mol. The van der Waals surface area contributed by atoms with Crippen LogP contribution in [0.5, 0.6) is 11.5 Å². The highest BCUT2D eigenvalue weighted by Crippen LogP contribution is 2.35. The molecule has 5 heteroatoms. The first-order valence-corrected chi connectivity index (χ1v) is 7.24. The summed E-state index contributed by atoms with van der Waals surface area (Å²) < 4.78 is 12.9. The summed E-state index contributed by atoms with van der Waals surface area (Å²) in [6.07, 6.45) is 0. The summed E-state index contributed by atoms with van der Waals surface area (Å²) in [5.41, 5.74) is 4.14. The predicted octanol–water partition coefficient (Wildman–Crippen LogP) is 3.80. The Morgan fingerprint density at radius 1 is 1.14 bits per heavy atom. The quantitative estimate of drug-likeness (QED) is 0.675. The third kappa shape index (κ3) is 1.94. The van der Waals surface area contributed by atoms with Gasteiger partial charge in [-0.25, -0.2) is 4.98 Å². The minimum atomic E-state index is 0.269. The second-order valence-electron chi connectivity index (χ2n) is 5.03. The molecule has 1 aliphatic rings. The van der Waals surface area contributed by atoms with Gasteiger partial charge in [-0.2, -0.15) is 0 Å². The lowest BCUT2D eigenvalue weighted by Crippen LogP contribution is -1.99. The minimum Gasteiger partial charge on any atom is -0.454 e. The standard InChI is InChI=1S/C16H13ClN2O2/c1-10-2-4-13-12(6-10)18-16(8-17)19(13)11-3-5-14-15(7-11)21-9-20-14/h2-7H,8-9H2,1H3. The second kappa shape index (κ2) is 4.67. The van der Waals surface area contributed by atoms with Gasteiger partial charge in [-0.3, -0.25) is 4.57 Å². The number of benzene rings is 2. The Balaban J connectivity index is 1.96. The van der Waals surface area contributed by atoms with E-state index in [1.54, 1.807) is 0 Å². The highest BCUT2D eigenvalue weighted by atomic mass is 35.5. The minimum absolute atomic E-state index is 0.269. The number of rotatable bonds is 2. The van der Waals surface area contributed by atoms with Crippen LogP contribution in [0, 0.1) is 6.92 Å². The van der Waals surface area contributed by atoms with Gasteiger partial charge in [0.2, 0.25) is 6.79 Å². The first kappa shape index (κ1) is 12.5. The summed E-state index contributed by atoms with van der Waals surface area (Å²) in [5.74, 6) is 2.69. The number of fused-ring (bicyclic) bond motifs is 2. The molecular formula is C16H13ClN2O2. The molecule has 4 rings (SSSR count).